The topological polar surface area (TPSA) is 93.3 Å². The van der Waals surface area contributed by atoms with Crippen LogP contribution in [0, 0.1) is 17.0 Å². The fourth-order valence-electron chi connectivity index (χ4n) is 1.99. The molecule has 2 aromatic rings. The summed E-state index contributed by atoms with van der Waals surface area (Å²) in [6.45, 7) is 1.95. The van der Waals surface area contributed by atoms with Gasteiger partial charge in [0.1, 0.15) is 12.1 Å². The summed E-state index contributed by atoms with van der Waals surface area (Å²) in [5.41, 5.74) is 2.14. The fourth-order valence-corrected chi connectivity index (χ4v) is 1.99. The number of nitro groups is 1. The summed E-state index contributed by atoms with van der Waals surface area (Å²) in [5.74, 6) is -1.83. The van der Waals surface area contributed by atoms with E-state index in [9.17, 15) is 20.0 Å². The van der Waals surface area contributed by atoms with Crippen LogP contribution in [-0.2, 0) is 11.2 Å². The number of rotatable bonds is 5. The first kappa shape index (κ1) is 14.6. The molecule has 6 nitrogen and oxygen atoms in total. The van der Waals surface area contributed by atoms with Gasteiger partial charge in [0, 0.05) is 6.07 Å². The van der Waals surface area contributed by atoms with Crippen LogP contribution in [0.15, 0.2) is 42.6 Å². The first-order valence-corrected chi connectivity index (χ1v) is 6.36. The Hall–Kier alpha value is -2.76. The number of carbonyl (C=O) groups is 1. The molecule has 1 heterocycles. The van der Waals surface area contributed by atoms with Crippen molar-refractivity contribution in [1.82, 2.24) is 4.98 Å². The summed E-state index contributed by atoms with van der Waals surface area (Å²) in [7, 11) is 0. The Labute approximate surface area is 121 Å². The van der Waals surface area contributed by atoms with Crippen molar-refractivity contribution >= 4 is 11.7 Å². The van der Waals surface area contributed by atoms with Crippen molar-refractivity contribution in [3.05, 3.63) is 69.5 Å². The highest BCUT2D eigenvalue weighted by Crippen LogP contribution is 2.21. The number of nitrogens with zero attached hydrogens (tertiary/aromatic N) is 2. The van der Waals surface area contributed by atoms with E-state index in [0.717, 1.165) is 17.3 Å². The van der Waals surface area contributed by atoms with Crippen LogP contribution >= 0.6 is 0 Å². The average Bonchev–Trinajstić information content (AvgIpc) is 2.46. The van der Waals surface area contributed by atoms with Gasteiger partial charge in [-0.1, -0.05) is 29.8 Å². The molecule has 1 N–H and O–H groups in total. The van der Waals surface area contributed by atoms with Crippen LogP contribution in [0.5, 0.6) is 0 Å². The Balaban J connectivity index is 2.24. The van der Waals surface area contributed by atoms with Gasteiger partial charge in [0.2, 0.25) is 0 Å². The zero-order chi connectivity index (χ0) is 15.4. The third-order valence-electron chi connectivity index (χ3n) is 3.20. The fraction of sp³-hybridized carbons (Fsp3) is 0.200. The standard InChI is InChI=1S/C15H14N2O4/c1-10-2-4-11(5-3-10)8-13(15(18)19)14-7-6-12(9-16-14)17(20)21/h2-7,9,13H,8H2,1H3,(H,18,19). The monoisotopic (exact) mass is 286 g/mol. The Morgan fingerprint density at radius 1 is 1.29 bits per heavy atom. The van der Waals surface area contributed by atoms with Gasteiger partial charge in [-0.05, 0) is 25.0 Å². The molecule has 21 heavy (non-hydrogen) atoms. The molecule has 6 heteroatoms. The first-order chi connectivity index (χ1) is 9.97. The lowest BCUT2D eigenvalue weighted by molar-refractivity contribution is -0.385. The van der Waals surface area contributed by atoms with E-state index in [0.29, 0.717) is 12.1 Å². The van der Waals surface area contributed by atoms with Crippen LogP contribution in [0.3, 0.4) is 0 Å². The number of aliphatic carboxylic acids is 1. The third-order valence-corrected chi connectivity index (χ3v) is 3.20. The van der Waals surface area contributed by atoms with Crippen LogP contribution in [0.4, 0.5) is 5.69 Å². The predicted octanol–water partition coefficient (Wildman–Crippen LogP) is 2.71. The van der Waals surface area contributed by atoms with Crippen LogP contribution in [0.25, 0.3) is 0 Å². The maximum absolute atomic E-state index is 11.4. The van der Waals surface area contributed by atoms with Gasteiger partial charge in [-0.25, -0.2) is 0 Å². The zero-order valence-electron chi connectivity index (χ0n) is 11.4. The second-order valence-corrected chi connectivity index (χ2v) is 4.78. The van der Waals surface area contributed by atoms with E-state index in [2.05, 4.69) is 4.98 Å². The van der Waals surface area contributed by atoms with Gasteiger partial charge in [-0.2, -0.15) is 0 Å². The van der Waals surface area contributed by atoms with Gasteiger partial charge in [0.05, 0.1) is 10.6 Å². The van der Waals surface area contributed by atoms with Crippen LogP contribution < -0.4 is 0 Å². The average molecular weight is 286 g/mol. The SMILES string of the molecule is Cc1ccc(CC(C(=O)O)c2ccc([N+](=O)[O-])cn2)cc1. The highest BCUT2D eigenvalue weighted by molar-refractivity contribution is 5.76. The van der Waals surface area contributed by atoms with Gasteiger partial charge in [0.25, 0.3) is 5.69 Å². The van der Waals surface area contributed by atoms with Crippen molar-refractivity contribution in [3.8, 4) is 0 Å². The molecule has 0 fully saturated rings. The number of hydrogen-bond acceptors (Lipinski definition) is 4. The molecule has 1 aromatic carbocycles. The van der Waals surface area contributed by atoms with Gasteiger partial charge < -0.3 is 5.11 Å². The Kier molecular flexibility index (Phi) is 4.27. The van der Waals surface area contributed by atoms with E-state index in [1.165, 1.54) is 12.1 Å². The molecule has 2 rings (SSSR count). The predicted molar refractivity (Wildman–Crippen MR) is 76.2 cm³/mol. The largest absolute Gasteiger partial charge is 0.481 e. The molecule has 1 unspecified atom stereocenters. The van der Waals surface area contributed by atoms with Crippen molar-refractivity contribution < 1.29 is 14.8 Å². The van der Waals surface area contributed by atoms with Gasteiger partial charge in [-0.15, -0.1) is 0 Å². The lowest BCUT2D eigenvalue weighted by atomic mass is 9.95. The number of carboxylic acids is 1. The highest BCUT2D eigenvalue weighted by Gasteiger charge is 2.22. The second-order valence-electron chi connectivity index (χ2n) is 4.78. The Bertz CT molecular complexity index is 650. The molecule has 0 aliphatic carbocycles. The van der Waals surface area contributed by atoms with E-state index >= 15 is 0 Å². The van der Waals surface area contributed by atoms with Crippen LogP contribution in [-0.4, -0.2) is 21.0 Å². The summed E-state index contributed by atoms with van der Waals surface area (Å²) in [6.07, 6.45) is 1.38. The number of carboxylic acid groups (broad SMARTS) is 1. The summed E-state index contributed by atoms with van der Waals surface area (Å²) >= 11 is 0. The van der Waals surface area contributed by atoms with E-state index < -0.39 is 16.8 Å². The molecule has 0 saturated carbocycles. The van der Waals surface area contributed by atoms with Crippen molar-refractivity contribution in [1.29, 1.82) is 0 Å². The van der Waals surface area contributed by atoms with Gasteiger partial charge in [0.15, 0.2) is 0 Å². The van der Waals surface area contributed by atoms with Crippen LogP contribution in [0.2, 0.25) is 0 Å². The Morgan fingerprint density at radius 3 is 2.43 bits per heavy atom. The summed E-state index contributed by atoms with van der Waals surface area (Å²) in [6, 6.07) is 10.2. The van der Waals surface area contributed by atoms with Crippen LogP contribution in [0.1, 0.15) is 22.7 Å². The number of pyridine rings is 1. The van der Waals surface area contributed by atoms with Gasteiger partial charge >= 0.3 is 5.97 Å². The molecule has 1 atom stereocenters. The molecule has 0 bridgehead atoms. The molecule has 0 aliphatic heterocycles. The highest BCUT2D eigenvalue weighted by atomic mass is 16.6. The van der Waals surface area contributed by atoms with E-state index in [4.69, 9.17) is 0 Å². The quantitative estimate of drug-likeness (QED) is 0.673. The zero-order valence-corrected chi connectivity index (χ0v) is 11.4. The summed E-state index contributed by atoms with van der Waals surface area (Å²) in [5, 5.41) is 19.9. The van der Waals surface area contributed by atoms with Gasteiger partial charge in [-0.3, -0.25) is 19.9 Å². The first-order valence-electron chi connectivity index (χ1n) is 6.36. The minimum Gasteiger partial charge on any atom is -0.481 e. The molecule has 0 amide bonds. The summed E-state index contributed by atoms with van der Waals surface area (Å²) in [4.78, 5) is 25.4. The molecule has 0 saturated heterocycles. The van der Waals surface area contributed by atoms with E-state index in [1.807, 2.05) is 31.2 Å². The van der Waals surface area contributed by atoms with Crippen molar-refractivity contribution in [2.24, 2.45) is 0 Å². The van der Waals surface area contributed by atoms with Crippen molar-refractivity contribution in [3.63, 3.8) is 0 Å². The number of benzene rings is 1. The maximum Gasteiger partial charge on any atom is 0.312 e. The lowest BCUT2D eigenvalue weighted by Crippen LogP contribution is -2.16. The second kappa shape index (κ2) is 6.13. The van der Waals surface area contributed by atoms with E-state index in [1.54, 1.807) is 0 Å². The normalized spacial score (nSPS) is 11.9. The lowest BCUT2D eigenvalue weighted by Gasteiger charge is -2.12. The maximum atomic E-state index is 11.4. The molecule has 1 aromatic heterocycles. The molecular weight excluding hydrogens is 272 g/mol. The molecule has 0 radical (unpaired) electrons. The van der Waals surface area contributed by atoms with E-state index in [-0.39, 0.29) is 5.69 Å². The third kappa shape index (κ3) is 3.62. The molecule has 0 aliphatic rings. The summed E-state index contributed by atoms with van der Waals surface area (Å²) < 4.78 is 0. The Morgan fingerprint density at radius 2 is 1.95 bits per heavy atom. The minimum atomic E-state index is -1.00. The van der Waals surface area contributed by atoms with Crippen molar-refractivity contribution in [2.75, 3.05) is 0 Å². The molecule has 108 valence electrons. The number of aryl methyl sites for hydroxylation is 1. The number of aromatic nitrogens is 1. The number of hydrogen-bond donors (Lipinski definition) is 1. The molecule has 0 spiro atoms. The smallest absolute Gasteiger partial charge is 0.312 e. The molecular formula is C15H14N2O4. The van der Waals surface area contributed by atoms with Crippen molar-refractivity contribution in [2.45, 2.75) is 19.3 Å². The minimum absolute atomic E-state index is 0.154.